The van der Waals surface area contributed by atoms with Gasteiger partial charge >= 0.3 is 0 Å². The molecule has 1 N–H and O–H groups in total. The van der Waals surface area contributed by atoms with Crippen molar-refractivity contribution in [3.8, 4) is 11.5 Å². The molecule has 166 valence electrons. The van der Waals surface area contributed by atoms with E-state index in [0.717, 1.165) is 5.52 Å². The molecule has 0 amide bonds. The Hall–Kier alpha value is -4.06. The molecule has 3 aromatic heterocycles. The number of ether oxygens (including phenoxy) is 1. The van der Waals surface area contributed by atoms with Crippen LogP contribution in [0.15, 0.2) is 48.0 Å². The van der Waals surface area contributed by atoms with Crippen LogP contribution in [0, 0.1) is 12.7 Å². The third-order valence-electron chi connectivity index (χ3n) is 5.01. The lowest BCUT2D eigenvalue weighted by molar-refractivity contribution is 0.472. The quantitative estimate of drug-likeness (QED) is 0.390. The number of halogens is 1. The second-order valence-electron chi connectivity index (χ2n) is 7.20. The average Bonchev–Trinajstić information content (AvgIpc) is 3.18. The molecule has 1 unspecified atom stereocenters. The van der Waals surface area contributed by atoms with Crippen molar-refractivity contribution < 1.29 is 13.3 Å². The van der Waals surface area contributed by atoms with Gasteiger partial charge in [0.1, 0.15) is 34.4 Å². The fraction of sp³-hybridized carbons (Fsp3) is 0.143. The zero-order valence-corrected chi connectivity index (χ0v) is 18.6. The topological polar surface area (TPSA) is 121 Å². The number of anilines is 2. The van der Waals surface area contributed by atoms with Crippen molar-refractivity contribution in [3.63, 3.8) is 0 Å². The van der Waals surface area contributed by atoms with E-state index >= 15 is 4.39 Å². The maximum absolute atomic E-state index is 15.2. The maximum atomic E-state index is 15.2. The molecule has 3 heterocycles. The molecule has 5 aromatic rings. The molecule has 12 heteroatoms. The molecule has 0 saturated heterocycles. The summed E-state index contributed by atoms with van der Waals surface area (Å²) in [5, 5.41) is 11.1. The van der Waals surface area contributed by atoms with Crippen molar-refractivity contribution in [2.45, 2.75) is 12.1 Å². The molecule has 0 radical (unpaired) electrons. The first-order chi connectivity index (χ1) is 15.9. The van der Waals surface area contributed by atoms with Gasteiger partial charge in [-0.3, -0.25) is 4.21 Å². The van der Waals surface area contributed by atoms with Crippen LogP contribution >= 0.6 is 0 Å². The zero-order chi connectivity index (χ0) is 23.1. The van der Waals surface area contributed by atoms with E-state index in [9.17, 15) is 4.21 Å². The highest BCUT2D eigenvalue weighted by Gasteiger charge is 2.16. The van der Waals surface area contributed by atoms with Crippen molar-refractivity contribution >= 4 is 44.4 Å². The van der Waals surface area contributed by atoms with Crippen LogP contribution in [0.25, 0.3) is 22.1 Å². The number of nitrogens with one attached hydrogen (secondary N) is 1. The Kier molecular flexibility index (Phi) is 5.13. The van der Waals surface area contributed by atoms with Crippen molar-refractivity contribution in [1.82, 2.24) is 34.9 Å². The van der Waals surface area contributed by atoms with E-state index in [0.29, 0.717) is 33.6 Å². The van der Waals surface area contributed by atoms with Gasteiger partial charge in [0, 0.05) is 24.9 Å². The van der Waals surface area contributed by atoms with Gasteiger partial charge in [-0.15, -0.1) is 5.10 Å². The molecule has 1 atom stereocenters. The Morgan fingerprint density at radius 2 is 1.97 bits per heavy atom. The summed E-state index contributed by atoms with van der Waals surface area (Å²) in [5.74, 6) is 0.645. The van der Waals surface area contributed by atoms with E-state index in [1.807, 2.05) is 6.07 Å². The van der Waals surface area contributed by atoms with Crippen molar-refractivity contribution in [2.75, 3.05) is 11.6 Å². The number of hydrogen-bond donors (Lipinski definition) is 1. The second-order valence-corrected chi connectivity index (χ2v) is 8.48. The van der Waals surface area contributed by atoms with Crippen molar-refractivity contribution in [2.24, 2.45) is 7.05 Å². The summed E-state index contributed by atoms with van der Waals surface area (Å²) in [4.78, 5) is 16.6. The number of rotatable bonds is 5. The lowest BCUT2D eigenvalue weighted by Crippen LogP contribution is -2.04. The Labute approximate surface area is 189 Å². The molecular weight excluding hydrogens is 447 g/mol. The number of nitrogens with zero attached hydrogens (tertiary/aromatic N) is 7. The van der Waals surface area contributed by atoms with E-state index in [1.165, 1.54) is 18.8 Å². The summed E-state index contributed by atoms with van der Waals surface area (Å²) >= 11 is 0. The smallest absolute Gasteiger partial charge is 0.218 e. The molecule has 0 spiro atoms. The number of benzene rings is 2. The first-order valence-corrected chi connectivity index (χ1v) is 11.3. The summed E-state index contributed by atoms with van der Waals surface area (Å²) in [7, 11) is 0.418. The Bertz CT molecular complexity index is 1550. The lowest BCUT2D eigenvalue weighted by atomic mass is 10.1. The van der Waals surface area contributed by atoms with Crippen LogP contribution in [0.2, 0.25) is 0 Å². The molecule has 5 rings (SSSR count). The van der Waals surface area contributed by atoms with Gasteiger partial charge in [0.05, 0.1) is 28.2 Å². The summed E-state index contributed by atoms with van der Waals surface area (Å²) in [6, 6.07) is 8.57. The van der Waals surface area contributed by atoms with E-state index in [-0.39, 0.29) is 16.7 Å². The summed E-state index contributed by atoms with van der Waals surface area (Å²) < 4.78 is 34.5. The van der Waals surface area contributed by atoms with Crippen LogP contribution < -0.4 is 10.1 Å². The zero-order valence-electron chi connectivity index (χ0n) is 17.8. The number of aryl methyl sites for hydroxylation is 1. The SMILES string of the molecule is Cc1c(Oc2ccc3c(c2)nnn3C)ccc(Nc2ncnc3cnc(S(C)=O)nc23)c1F. The number of aromatic nitrogens is 7. The molecule has 0 aliphatic heterocycles. The van der Waals surface area contributed by atoms with Crippen LogP contribution in [0.4, 0.5) is 15.9 Å². The minimum Gasteiger partial charge on any atom is -0.457 e. The third-order valence-corrected chi connectivity index (χ3v) is 5.72. The highest BCUT2D eigenvalue weighted by molar-refractivity contribution is 7.84. The van der Waals surface area contributed by atoms with Gasteiger partial charge in [0.2, 0.25) is 5.16 Å². The van der Waals surface area contributed by atoms with Gasteiger partial charge < -0.3 is 10.1 Å². The largest absolute Gasteiger partial charge is 0.457 e. The summed E-state index contributed by atoms with van der Waals surface area (Å²) in [6.07, 6.45) is 4.25. The van der Waals surface area contributed by atoms with Crippen LogP contribution in [0.5, 0.6) is 11.5 Å². The van der Waals surface area contributed by atoms with E-state index in [2.05, 4.69) is 35.6 Å². The highest BCUT2D eigenvalue weighted by atomic mass is 32.2. The highest BCUT2D eigenvalue weighted by Crippen LogP contribution is 2.33. The van der Waals surface area contributed by atoms with Crippen LogP contribution in [-0.2, 0) is 17.8 Å². The minimum atomic E-state index is -1.38. The fourth-order valence-corrected chi connectivity index (χ4v) is 3.70. The van der Waals surface area contributed by atoms with Gasteiger partial charge in [-0.25, -0.2) is 29.0 Å². The van der Waals surface area contributed by atoms with Gasteiger partial charge in [0.25, 0.3) is 0 Å². The Balaban J connectivity index is 1.46. The fourth-order valence-electron chi connectivity index (χ4n) is 3.28. The predicted octanol–water partition coefficient (Wildman–Crippen LogP) is 3.42. The van der Waals surface area contributed by atoms with E-state index < -0.39 is 16.6 Å². The normalized spacial score (nSPS) is 12.2. The Morgan fingerprint density at radius 3 is 2.79 bits per heavy atom. The van der Waals surface area contributed by atoms with Crippen LogP contribution in [-0.4, -0.2) is 45.4 Å². The Morgan fingerprint density at radius 1 is 1.12 bits per heavy atom. The molecular formula is C21H17FN8O2S. The predicted molar refractivity (Wildman–Crippen MR) is 120 cm³/mol. The summed E-state index contributed by atoms with van der Waals surface area (Å²) in [5.41, 5.74) is 2.81. The first-order valence-electron chi connectivity index (χ1n) is 9.75. The average molecular weight is 464 g/mol. The van der Waals surface area contributed by atoms with Crippen LogP contribution in [0.1, 0.15) is 5.56 Å². The standard InChI is InChI=1S/C21H17FN8O2S/c1-11-17(32-12-4-6-16-14(8-12)28-29-30(16)2)7-5-13(18(11)22)26-20-19-15(24-10-25-20)9-23-21(27-19)33(3)31/h4-10H,1-3H3,(H,24,25,26). The van der Waals surface area contributed by atoms with Crippen molar-refractivity contribution in [3.05, 3.63) is 54.2 Å². The molecule has 0 aliphatic carbocycles. The molecule has 33 heavy (non-hydrogen) atoms. The van der Waals surface area contributed by atoms with Crippen molar-refractivity contribution in [1.29, 1.82) is 0 Å². The minimum absolute atomic E-state index is 0.140. The van der Waals surface area contributed by atoms with Gasteiger partial charge in [-0.2, -0.15) is 0 Å². The van der Waals surface area contributed by atoms with Gasteiger partial charge in [-0.05, 0) is 31.2 Å². The van der Waals surface area contributed by atoms with E-state index in [1.54, 1.807) is 42.9 Å². The van der Waals surface area contributed by atoms with E-state index in [4.69, 9.17) is 4.74 Å². The van der Waals surface area contributed by atoms with Gasteiger partial charge in [-0.1, -0.05) is 5.21 Å². The van der Waals surface area contributed by atoms with Crippen LogP contribution in [0.3, 0.4) is 0 Å². The second kappa shape index (κ2) is 8.13. The molecule has 0 fully saturated rings. The molecule has 0 saturated carbocycles. The lowest BCUT2D eigenvalue weighted by Gasteiger charge is -2.14. The number of fused-ring (bicyclic) bond motifs is 2. The molecule has 2 aromatic carbocycles. The molecule has 0 bridgehead atoms. The summed E-state index contributed by atoms with van der Waals surface area (Å²) in [6.45, 7) is 1.62. The molecule has 0 aliphatic rings. The monoisotopic (exact) mass is 464 g/mol. The van der Waals surface area contributed by atoms with Gasteiger partial charge in [0.15, 0.2) is 11.6 Å². The maximum Gasteiger partial charge on any atom is 0.218 e. The third kappa shape index (κ3) is 3.84. The number of hydrogen-bond acceptors (Lipinski definition) is 9. The molecule has 10 nitrogen and oxygen atoms in total. The first kappa shape index (κ1) is 20.8.